The molecule has 2 fully saturated rings. The SMILES string of the molecule is O=C(CC1CSCCN1)N[C@H]1CC[C@@H](C(=O)O)C1. The number of amides is 1. The van der Waals surface area contributed by atoms with E-state index in [0.717, 1.165) is 24.5 Å². The number of carbonyl (C=O) groups is 2. The molecular weight excluding hydrogens is 252 g/mol. The number of thioether (sulfide) groups is 1. The molecule has 2 aliphatic rings. The lowest BCUT2D eigenvalue weighted by molar-refractivity contribution is -0.141. The first-order valence-corrected chi connectivity index (χ1v) is 7.64. The van der Waals surface area contributed by atoms with Gasteiger partial charge in [0.15, 0.2) is 0 Å². The van der Waals surface area contributed by atoms with Crippen molar-refractivity contribution >= 4 is 23.6 Å². The van der Waals surface area contributed by atoms with Crippen LogP contribution in [0, 0.1) is 5.92 Å². The minimum absolute atomic E-state index is 0.0473. The van der Waals surface area contributed by atoms with E-state index in [4.69, 9.17) is 5.11 Å². The summed E-state index contributed by atoms with van der Waals surface area (Å²) in [6.07, 6.45) is 2.54. The van der Waals surface area contributed by atoms with E-state index in [-0.39, 0.29) is 23.9 Å². The summed E-state index contributed by atoms with van der Waals surface area (Å²) >= 11 is 1.87. The van der Waals surface area contributed by atoms with Crippen molar-refractivity contribution in [2.24, 2.45) is 5.92 Å². The highest BCUT2D eigenvalue weighted by Gasteiger charge is 2.30. The van der Waals surface area contributed by atoms with E-state index in [0.29, 0.717) is 19.3 Å². The second-order valence-corrected chi connectivity index (χ2v) is 6.19. The fourth-order valence-electron chi connectivity index (χ4n) is 2.60. The Balaban J connectivity index is 1.69. The summed E-state index contributed by atoms with van der Waals surface area (Å²) in [5.74, 6) is 1.12. The average Bonchev–Trinajstić information content (AvgIpc) is 2.78. The van der Waals surface area contributed by atoms with Gasteiger partial charge in [0.05, 0.1) is 5.92 Å². The van der Waals surface area contributed by atoms with E-state index in [1.165, 1.54) is 0 Å². The average molecular weight is 272 g/mol. The van der Waals surface area contributed by atoms with E-state index in [1.807, 2.05) is 11.8 Å². The molecule has 1 aliphatic carbocycles. The molecular formula is C12H20N2O3S. The molecule has 0 radical (unpaired) electrons. The Morgan fingerprint density at radius 3 is 2.83 bits per heavy atom. The van der Waals surface area contributed by atoms with Gasteiger partial charge in [0, 0.05) is 36.6 Å². The van der Waals surface area contributed by atoms with Crippen LogP contribution < -0.4 is 10.6 Å². The Bertz CT molecular complexity index is 318. The van der Waals surface area contributed by atoms with E-state index in [9.17, 15) is 9.59 Å². The third-order valence-corrected chi connectivity index (χ3v) is 4.71. The number of nitrogens with one attached hydrogen (secondary N) is 2. The third-order valence-electron chi connectivity index (χ3n) is 3.58. The first-order valence-electron chi connectivity index (χ1n) is 6.48. The van der Waals surface area contributed by atoms with Gasteiger partial charge in [-0.05, 0) is 19.3 Å². The second kappa shape index (κ2) is 6.43. The molecule has 6 heteroatoms. The number of hydrogen-bond acceptors (Lipinski definition) is 4. The van der Waals surface area contributed by atoms with Crippen LogP contribution in [0.3, 0.4) is 0 Å². The zero-order valence-corrected chi connectivity index (χ0v) is 11.2. The van der Waals surface area contributed by atoms with Crippen molar-refractivity contribution in [2.45, 2.75) is 37.8 Å². The van der Waals surface area contributed by atoms with Crippen LogP contribution in [0.2, 0.25) is 0 Å². The summed E-state index contributed by atoms with van der Waals surface area (Å²) in [6.45, 7) is 0.965. The highest BCUT2D eigenvalue weighted by molar-refractivity contribution is 7.99. The van der Waals surface area contributed by atoms with Crippen molar-refractivity contribution in [3.05, 3.63) is 0 Å². The van der Waals surface area contributed by atoms with Crippen LogP contribution >= 0.6 is 11.8 Å². The van der Waals surface area contributed by atoms with Crippen LogP contribution in [0.1, 0.15) is 25.7 Å². The molecule has 18 heavy (non-hydrogen) atoms. The van der Waals surface area contributed by atoms with E-state index in [1.54, 1.807) is 0 Å². The van der Waals surface area contributed by atoms with Crippen molar-refractivity contribution in [1.29, 1.82) is 0 Å². The normalized spacial score (nSPS) is 32.1. The summed E-state index contributed by atoms with van der Waals surface area (Å²) < 4.78 is 0. The van der Waals surface area contributed by atoms with Crippen LogP contribution in [0.25, 0.3) is 0 Å². The molecule has 5 nitrogen and oxygen atoms in total. The fraction of sp³-hybridized carbons (Fsp3) is 0.833. The minimum atomic E-state index is -0.739. The number of aliphatic carboxylic acids is 1. The molecule has 1 aliphatic heterocycles. The second-order valence-electron chi connectivity index (χ2n) is 5.04. The van der Waals surface area contributed by atoms with Gasteiger partial charge < -0.3 is 15.7 Å². The highest BCUT2D eigenvalue weighted by Crippen LogP contribution is 2.25. The summed E-state index contributed by atoms with van der Waals surface area (Å²) in [4.78, 5) is 22.7. The molecule has 1 amide bonds. The number of rotatable bonds is 4. The monoisotopic (exact) mass is 272 g/mol. The third kappa shape index (κ3) is 3.88. The van der Waals surface area contributed by atoms with Crippen LogP contribution in [0.15, 0.2) is 0 Å². The van der Waals surface area contributed by atoms with Gasteiger partial charge in [-0.3, -0.25) is 9.59 Å². The zero-order valence-electron chi connectivity index (χ0n) is 10.4. The molecule has 0 bridgehead atoms. The van der Waals surface area contributed by atoms with Gasteiger partial charge in [-0.1, -0.05) is 0 Å². The molecule has 1 saturated carbocycles. The van der Waals surface area contributed by atoms with Crippen molar-refractivity contribution in [2.75, 3.05) is 18.1 Å². The summed E-state index contributed by atoms with van der Waals surface area (Å²) in [5, 5.41) is 15.2. The molecule has 0 aromatic heterocycles. The summed E-state index contributed by atoms with van der Waals surface area (Å²) in [6, 6.07) is 0.315. The number of carbonyl (C=O) groups excluding carboxylic acids is 1. The van der Waals surface area contributed by atoms with Gasteiger partial charge in [0.2, 0.25) is 5.91 Å². The van der Waals surface area contributed by atoms with Crippen LogP contribution in [-0.2, 0) is 9.59 Å². The molecule has 1 saturated heterocycles. The molecule has 2 rings (SSSR count). The lowest BCUT2D eigenvalue weighted by Gasteiger charge is -2.23. The van der Waals surface area contributed by atoms with Crippen molar-refractivity contribution in [3.63, 3.8) is 0 Å². The standard InChI is InChI=1S/C12H20N2O3S/c15-11(6-10-7-18-4-3-13-10)14-9-2-1-8(5-9)12(16)17/h8-10,13H,1-7H2,(H,14,15)(H,16,17)/t8-,9+,10?/m1/s1. The van der Waals surface area contributed by atoms with Gasteiger partial charge in [-0.15, -0.1) is 0 Å². The Morgan fingerprint density at radius 2 is 2.22 bits per heavy atom. The molecule has 3 N–H and O–H groups in total. The maximum atomic E-state index is 11.8. The van der Waals surface area contributed by atoms with Crippen molar-refractivity contribution in [3.8, 4) is 0 Å². The topological polar surface area (TPSA) is 78.4 Å². The lowest BCUT2D eigenvalue weighted by atomic mass is 10.1. The zero-order chi connectivity index (χ0) is 13.0. The van der Waals surface area contributed by atoms with E-state index < -0.39 is 5.97 Å². The Hall–Kier alpha value is -0.750. The van der Waals surface area contributed by atoms with Gasteiger partial charge in [0.25, 0.3) is 0 Å². The molecule has 0 spiro atoms. The fourth-order valence-corrected chi connectivity index (χ4v) is 3.55. The van der Waals surface area contributed by atoms with Gasteiger partial charge >= 0.3 is 5.97 Å². The predicted octanol–water partition coefficient (Wildman–Crippen LogP) is 0.451. The maximum absolute atomic E-state index is 11.8. The Morgan fingerprint density at radius 1 is 1.39 bits per heavy atom. The van der Waals surface area contributed by atoms with Crippen LogP contribution in [0.5, 0.6) is 0 Å². The smallest absolute Gasteiger partial charge is 0.306 e. The molecule has 1 heterocycles. The highest BCUT2D eigenvalue weighted by atomic mass is 32.2. The van der Waals surface area contributed by atoms with Crippen molar-refractivity contribution < 1.29 is 14.7 Å². The minimum Gasteiger partial charge on any atom is -0.481 e. The van der Waals surface area contributed by atoms with Gasteiger partial charge in [0.1, 0.15) is 0 Å². The summed E-state index contributed by atoms with van der Waals surface area (Å²) in [7, 11) is 0. The van der Waals surface area contributed by atoms with Gasteiger partial charge in [-0.25, -0.2) is 0 Å². The number of hydrogen-bond donors (Lipinski definition) is 3. The number of carboxylic acids is 1. The molecule has 102 valence electrons. The quantitative estimate of drug-likeness (QED) is 0.692. The molecule has 0 aromatic rings. The Kier molecular flexibility index (Phi) is 4.88. The van der Waals surface area contributed by atoms with Gasteiger partial charge in [-0.2, -0.15) is 11.8 Å². The maximum Gasteiger partial charge on any atom is 0.306 e. The molecule has 3 atom stereocenters. The number of carboxylic acid groups (broad SMARTS) is 1. The predicted molar refractivity (Wildman–Crippen MR) is 70.6 cm³/mol. The molecule has 1 unspecified atom stereocenters. The van der Waals surface area contributed by atoms with Crippen LogP contribution in [0.4, 0.5) is 0 Å². The first-order chi connectivity index (χ1) is 8.65. The lowest BCUT2D eigenvalue weighted by Crippen LogP contribution is -2.43. The largest absolute Gasteiger partial charge is 0.481 e. The summed E-state index contributed by atoms with van der Waals surface area (Å²) in [5.41, 5.74) is 0. The first kappa shape index (κ1) is 13.7. The van der Waals surface area contributed by atoms with E-state index in [2.05, 4.69) is 10.6 Å². The van der Waals surface area contributed by atoms with Crippen molar-refractivity contribution in [1.82, 2.24) is 10.6 Å². The van der Waals surface area contributed by atoms with E-state index >= 15 is 0 Å². The molecule has 0 aromatic carbocycles. The Labute approximate surface area is 111 Å². The van der Waals surface area contributed by atoms with Crippen LogP contribution in [-0.4, -0.2) is 47.1 Å².